The molecule has 0 aliphatic carbocycles. The average molecular weight is 316 g/mol. The van der Waals surface area contributed by atoms with Gasteiger partial charge in [0, 0.05) is 26.9 Å². The summed E-state index contributed by atoms with van der Waals surface area (Å²) < 4.78 is 0. The van der Waals surface area contributed by atoms with Crippen molar-refractivity contribution in [3.05, 3.63) is 75.8 Å². The van der Waals surface area contributed by atoms with Crippen molar-refractivity contribution in [2.45, 2.75) is 0 Å². The van der Waals surface area contributed by atoms with Crippen LogP contribution >= 0.6 is 22.9 Å². The van der Waals surface area contributed by atoms with Crippen LogP contribution in [-0.2, 0) is 0 Å². The van der Waals surface area contributed by atoms with Gasteiger partial charge in [-0.05, 0) is 47.5 Å². The topological polar surface area (TPSA) is 43.1 Å². The standard InChI is InChI=1S/C16H10ClNO2S/c17-13-5-1-11(2-6-13)15-9-10-16(21-15)12-3-7-14(8-4-12)18(19)20/h1-10H. The van der Waals surface area contributed by atoms with Crippen molar-refractivity contribution in [3.63, 3.8) is 0 Å². The number of non-ortho nitro benzene ring substituents is 1. The summed E-state index contributed by atoms with van der Waals surface area (Å²) in [4.78, 5) is 12.5. The van der Waals surface area contributed by atoms with Gasteiger partial charge in [-0.25, -0.2) is 0 Å². The van der Waals surface area contributed by atoms with Gasteiger partial charge in [0.2, 0.25) is 0 Å². The Bertz CT molecular complexity index is 779. The summed E-state index contributed by atoms with van der Waals surface area (Å²) in [6.45, 7) is 0. The van der Waals surface area contributed by atoms with Crippen LogP contribution in [0.2, 0.25) is 5.02 Å². The molecule has 0 radical (unpaired) electrons. The molecule has 1 heterocycles. The first-order valence-electron chi connectivity index (χ1n) is 6.24. The largest absolute Gasteiger partial charge is 0.269 e. The molecule has 0 atom stereocenters. The molecule has 0 aliphatic heterocycles. The van der Waals surface area contributed by atoms with E-state index in [2.05, 4.69) is 0 Å². The zero-order valence-electron chi connectivity index (χ0n) is 10.8. The highest BCUT2D eigenvalue weighted by molar-refractivity contribution is 7.18. The van der Waals surface area contributed by atoms with E-state index < -0.39 is 4.92 Å². The maximum Gasteiger partial charge on any atom is 0.269 e. The molecule has 0 N–H and O–H groups in total. The van der Waals surface area contributed by atoms with Crippen LogP contribution < -0.4 is 0 Å². The molecule has 3 nitrogen and oxygen atoms in total. The lowest BCUT2D eigenvalue weighted by Gasteiger charge is -1.98. The predicted molar refractivity (Wildman–Crippen MR) is 86.9 cm³/mol. The molecule has 0 saturated heterocycles. The number of rotatable bonds is 3. The minimum atomic E-state index is -0.392. The summed E-state index contributed by atoms with van der Waals surface area (Å²) in [5.74, 6) is 0. The van der Waals surface area contributed by atoms with Gasteiger partial charge in [-0.1, -0.05) is 23.7 Å². The Balaban J connectivity index is 1.90. The number of thiophene rings is 1. The van der Waals surface area contributed by atoms with Gasteiger partial charge < -0.3 is 0 Å². The van der Waals surface area contributed by atoms with E-state index in [1.165, 1.54) is 12.1 Å². The SMILES string of the molecule is O=[N+]([O-])c1ccc(-c2ccc(-c3ccc(Cl)cc3)s2)cc1. The first-order valence-corrected chi connectivity index (χ1v) is 7.43. The van der Waals surface area contributed by atoms with E-state index in [1.54, 1.807) is 23.5 Å². The van der Waals surface area contributed by atoms with Crippen LogP contribution in [0, 0.1) is 10.1 Å². The number of halogens is 1. The molecule has 2 aromatic carbocycles. The van der Waals surface area contributed by atoms with E-state index >= 15 is 0 Å². The summed E-state index contributed by atoms with van der Waals surface area (Å²) in [7, 11) is 0. The van der Waals surface area contributed by atoms with Crippen LogP contribution in [0.3, 0.4) is 0 Å². The van der Waals surface area contributed by atoms with E-state index in [-0.39, 0.29) is 5.69 Å². The number of hydrogen-bond acceptors (Lipinski definition) is 3. The Morgan fingerprint density at radius 3 is 1.76 bits per heavy atom. The van der Waals surface area contributed by atoms with E-state index in [1.807, 2.05) is 36.4 Å². The molecular weight excluding hydrogens is 306 g/mol. The molecule has 21 heavy (non-hydrogen) atoms. The molecule has 0 amide bonds. The first-order chi connectivity index (χ1) is 10.1. The Kier molecular flexibility index (Phi) is 3.73. The summed E-state index contributed by atoms with van der Waals surface area (Å²) in [6, 6.07) is 18.4. The number of hydrogen-bond donors (Lipinski definition) is 0. The molecule has 5 heteroatoms. The summed E-state index contributed by atoms with van der Waals surface area (Å²) >= 11 is 7.54. The fraction of sp³-hybridized carbons (Fsp3) is 0. The van der Waals surface area contributed by atoms with Crippen molar-refractivity contribution >= 4 is 28.6 Å². The minimum Gasteiger partial charge on any atom is -0.258 e. The van der Waals surface area contributed by atoms with Crippen LogP contribution in [0.5, 0.6) is 0 Å². The average Bonchev–Trinajstić information content (AvgIpc) is 2.98. The van der Waals surface area contributed by atoms with E-state index in [4.69, 9.17) is 11.6 Å². The molecule has 0 unspecified atom stereocenters. The predicted octanol–water partition coefficient (Wildman–Crippen LogP) is 5.64. The summed E-state index contributed by atoms with van der Waals surface area (Å²) in [6.07, 6.45) is 0. The third-order valence-corrected chi connectivity index (χ3v) is 4.53. The van der Waals surface area contributed by atoms with Gasteiger partial charge in [0.15, 0.2) is 0 Å². The van der Waals surface area contributed by atoms with Gasteiger partial charge in [-0.2, -0.15) is 0 Å². The van der Waals surface area contributed by atoms with Gasteiger partial charge in [-0.3, -0.25) is 10.1 Å². The number of benzene rings is 2. The zero-order chi connectivity index (χ0) is 14.8. The molecule has 3 aromatic rings. The monoisotopic (exact) mass is 315 g/mol. The third-order valence-electron chi connectivity index (χ3n) is 3.10. The normalized spacial score (nSPS) is 10.5. The fourth-order valence-electron chi connectivity index (χ4n) is 2.01. The molecule has 0 bridgehead atoms. The Labute approximate surface area is 130 Å². The second kappa shape index (κ2) is 5.68. The smallest absolute Gasteiger partial charge is 0.258 e. The van der Waals surface area contributed by atoms with Crippen LogP contribution in [0.25, 0.3) is 20.9 Å². The van der Waals surface area contributed by atoms with Crippen molar-refractivity contribution in [1.29, 1.82) is 0 Å². The number of nitro benzene ring substituents is 1. The molecule has 0 aliphatic rings. The highest BCUT2D eigenvalue weighted by Crippen LogP contribution is 2.35. The second-order valence-corrected chi connectivity index (χ2v) is 5.99. The van der Waals surface area contributed by atoms with Crippen molar-refractivity contribution in [2.24, 2.45) is 0 Å². The molecule has 0 spiro atoms. The van der Waals surface area contributed by atoms with Gasteiger partial charge >= 0.3 is 0 Å². The minimum absolute atomic E-state index is 0.105. The van der Waals surface area contributed by atoms with Gasteiger partial charge in [0.25, 0.3) is 5.69 Å². The van der Waals surface area contributed by atoms with Gasteiger partial charge in [-0.15, -0.1) is 11.3 Å². The lowest BCUT2D eigenvalue weighted by molar-refractivity contribution is -0.384. The van der Waals surface area contributed by atoms with E-state index in [0.29, 0.717) is 5.02 Å². The lowest BCUT2D eigenvalue weighted by atomic mass is 10.1. The summed E-state index contributed by atoms with van der Waals surface area (Å²) in [5.41, 5.74) is 2.19. The zero-order valence-corrected chi connectivity index (χ0v) is 12.4. The molecular formula is C16H10ClNO2S. The summed E-state index contributed by atoms with van der Waals surface area (Å²) in [5, 5.41) is 11.4. The van der Waals surface area contributed by atoms with Crippen molar-refractivity contribution < 1.29 is 4.92 Å². The molecule has 104 valence electrons. The van der Waals surface area contributed by atoms with Crippen LogP contribution in [0.1, 0.15) is 0 Å². The molecule has 0 saturated carbocycles. The highest BCUT2D eigenvalue weighted by Gasteiger charge is 2.08. The van der Waals surface area contributed by atoms with Crippen molar-refractivity contribution in [2.75, 3.05) is 0 Å². The molecule has 3 rings (SSSR count). The van der Waals surface area contributed by atoms with Crippen molar-refractivity contribution in [1.82, 2.24) is 0 Å². The fourth-order valence-corrected chi connectivity index (χ4v) is 3.15. The Morgan fingerprint density at radius 2 is 1.29 bits per heavy atom. The van der Waals surface area contributed by atoms with Crippen LogP contribution in [-0.4, -0.2) is 4.92 Å². The second-order valence-electron chi connectivity index (χ2n) is 4.47. The number of nitrogens with zero attached hydrogens (tertiary/aromatic N) is 1. The highest BCUT2D eigenvalue weighted by atomic mass is 35.5. The van der Waals surface area contributed by atoms with Crippen LogP contribution in [0.4, 0.5) is 5.69 Å². The Hall–Kier alpha value is -2.17. The van der Waals surface area contributed by atoms with Crippen LogP contribution in [0.15, 0.2) is 60.7 Å². The quantitative estimate of drug-likeness (QED) is 0.463. The van der Waals surface area contributed by atoms with E-state index in [9.17, 15) is 10.1 Å². The maximum absolute atomic E-state index is 10.7. The lowest BCUT2D eigenvalue weighted by Crippen LogP contribution is -1.86. The Morgan fingerprint density at radius 1 is 0.810 bits per heavy atom. The van der Waals surface area contributed by atoms with Crippen molar-refractivity contribution in [3.8, 4) is 20.9 Å². The third kappa shape index (κ3) is 2.96. The molecule has 0 fully saturated rings. The van der Waals surface area contributed by atoms with Gasteiger partial charge in [0.05, 0.1) is 4.92 Å². The number of nitro groups is 1. The van der Waals surface area contributed by atoms with E-state index in [0.717, 1.165) is 20.9 Å². The molecule has 1 aromatic heterocycles. The first kappa shape index (κ1) is 13.8. The van der Waals surface area contributed by atoms with Gasteiger partial charge in [0.1, 0.15) is 0 Å². The maximum atomic E-state index is 10.7.